The highest BCUT2D eigenvalue weighted by Gasteiger charge is 2.25. The van der Waals surface area contributed by atoms with Crippen molar-refractivity contribution in [2.24, 2.45) is 11.8 Å². The van der Waals surface area contributed by atoms with Gasteiger partial charge in [-0.1, -0.05) is 56.3 Å². The van der Waals surface area contributed by atoms with Crippen molar-refractivity contribution in [3.63, 3.8) is 0 Å². The van der Waals surface area contributed by atoms with Gasteiger partial charge in [-0.25, -0.2) is 9.37 Å². The summed E-state index contributed by atoms with van der Waals surface area (Å²) in [5, 5.41) is 4.83. The highest BCUT2D eigenvalue weighted by molar-refractivity contribution is 5.71. The summed E-state index contributed by atoms with van der Waals surface area (Å²) in [7, 11) is 0. The molecule has 4 aromatic rings. The van der Waals surface area contributed by atoms with E-state index < -0.39 is 0 Å². The van der Waals surface area contributed by atoms with Crippen molar-refractivity contribution in [2.75, 3.05) is 18.0 Å². The fourth-order valence-electron chi connectivity index (χ4n) is 4.58. The van der Waals surface area contributed by atoms with Gasteiger partial charge in [0.1, 0.15) is 11.6 Å². The number of halogens is 1. The predicted molar refractivity (Wildman–Crippen MR) is 119 cm³/mol. The Morgan fingerprint density at radius 2 is 1.57 bits per heavy atom. The van der Waals surface area contributed by atoms with Gasteiger partial charge in [-0.15, -0.1) is 0 Å². The summed E-state index contributed by atoms with van der Waals surface area (Å²) < 4.78 is 15.7. The number of aromatic nitrogens is 3. The monoisotopic (exact) mass is 400 g/mol. The molecule has 2 aromatic carbocycles. The predicted octanol–water partition coefficient (Wildman–Crippen LogP) is 5.68. The van der Waals surface area contributed by atoms with Gasteiger partial charge in [0.15, 0.2) is 5.65 Å². The van der Waals surface area contributed by atoms with Crippen LogP contribution >= 0.6 is 0 Å². The first-order valence-corrected chi connectivity index (χ1v) is 10.5. The molecule has 0 N–H and O–H groups in total. The third-order valence-electron chi connectivity index (χ3n) is 5.79. The van der Waals surface area contributed by atoms with Crippen molar-refractivity contribution in [3.8, 4) is 22.5 Å². The Kier molecular flexibility index (Phi) is 4.74. The molecular weight excluding hydrogens is 375 g/mol. The second kappa shape index (κ2) is 7.56. The maximum absolute atomic E-state index is 13.8. The van der Waals surface area contributed by atoms with Gasteiger partial charge >= 0.3 is 0 Å². The second-order valence-corrected chi connectivity index (χ2v) is 8.53. The van der Waals surface area contributed by atoms with Gasteiger partial charge in [0, 0.05) is 36.3 Å². The van der Waals surface area contributed by atoms with Gasteiger partial charge in [-0.2, -0.15) is 9.61 Å². The van der Waals surface area contributed by atoms with Gasteiger partial charge in [0.2, 0.25) is 0 Å². The van der Waals surface area contributed by atoms with Crippen LogP contribution < -0.4 is 4.90 Å². The molecule has 2 aromatic heterocycles. The highest BCUT2D eigenvalue weighted by atomic mass is 19.1. The molecule has 4 nitrogen and oxygen atoms in total. The quantitative estimate of drug-likeness (QED) is 0.443. The molecule has 5 rings (SSSR count). The van der Waals surface area contributed by atoms with E-state index in [1.807, 2.05) is 34.8 Å². The Morgan fingerprint density at radius 1 is 0.833 bits per heavy atom. The molecule has 0 unspecified atom stereocenters. The summed E-state index contributed by atoms with van der Waals surface area (Å²) in [4.78, 5) is 7.31. The van der Waals surface area contributed by atoms with Crippen LogP contribution in [0.25, 0.3) is 28.2 Å². The Morgan fingerprint density at radius 3 is 2.30 bits per heavy atom. The summed E-state index contributed by atoms with van der Waals surface area (Å²) >= 11 is 0. The number of fused-ring (bicyclic) bond motifs is 1. The minimum absolute atomic E-state index is 0.263. The summed E-state index contributed by atoms with van der Waals surface area (Å²) in [6, 6.07) is 20.9. The smallest absolute Gasteiger partial charge is 0.158 e. The number of anilines is 1. The van der Waals surface area contributed by atoms with Crippen molar-refractivity contribution < 1.29 is 4.39 Å². The first-order valence-electron chi connectivity index (χ1n) is 10.5. The standard InChI is InChI=1S/C25H25FN4/c1-17-11-18(2)16-29(15-17)25-14-22(19-7-4-3-5-8-19)27-24-13-23(28-30(24)25)20-9-6-10-21(26)12-20/h3-10,12-14,17-18H,11,15-16H2,1-2H3/t17-,18+. The number of nitrogens with zero attached hydrogens (tertiary/aromatic N) is 4. The van der Waals surface area contributed by atoms with Gasteiger partial charge in [0.05, 0.1) is 11.4 Å². The fourth-order valence-corrected chi connectivity index (χ4v) is 4.58. The minimum atomic E-state index is -0.263. The van der Waals surface area contributed by atoms with Gasteiger partial charge < -0.3 is 4.90 Å². The maximum Gasteiger partial charge on any atom is 0.158 e. The van der Waals surface area contributed by atoms with E-state index in [0.717, 1.165) is 47.1 Å². The number of rotatable bonds is 3. The van der Waals surface area contributed by atoms with Crippen LogP contribution in [0.2, 0.25) is 0 Å². The van der Waals surface area contributed by atoms with Gasteiger partial charge in [-0.3, -0.25) is 0 Å². The molecular formula is C25H25FN4. The Hall–Kier alpha value is -3.21. The molecule has 0 amide bonds. The lowest BCUT2D eigenvalue weighted by atomic mass is 9.92. The van der Waals surface area contributed by atoms with E-state index in [1.165, 1.54) is 18.6 Å². The lowest BCUT2D eigenvalue weighted by molar-refractivity contribution is 0.354. The van der Waals surface area contributed by atoms with E-state index in [2.05, 4.69) is 36.9 Å². The lowest BCUT2D eigenvalue weighted by Gasteiger charge is -2.36. The molecule has 3 heterocycles. The topological polar surface area (TPSA) is 33.4 Å². The Balaban J connectivity index is 1.69. The SMILES string of the molecule is C[C@@H]1C[C@H](C)CN(c2cc(-c3ccccc3)nc3cc(-c4cccc(F)c4)nn23)C1. The lowest BCUT2D eigenvalue weighted by Crippen LogP contribution is -2.39. The highest BCUT2D eigenvalue weighted by Crippen LogP contribution is 2.31. The van der Waals surface area contributed by atoms with E-state index >= 15 is 0 Å². The van der Waals surface area contributed by atoms with Crippen LogP contribution in [0, 0.1) is 17.7 Å². The van der Waals surface area contributed by atoms with Crippen LogP contribution in [-0.4, -0.2) is 27.7 Å². The van der Waals surface area contributed by atoms with Crippen molar-refractivity contribution in [3.05, 3.63) is 72.5 Å². The van der Waals surface area contributed by atoms with E-state index in [-0.39, 0.29) is 5.82 Å². The Labute approximate surface area is 176 Å². The normalized spacial score (nSPS) is 19.4. The third-order valence-corrected chi connectivity index (χ3v) is 5.79. The summed E-state index contributed by atoms with van der Waals surface area (Å²) in [5.41, 5.74) is 4.26. The molecule has 0 saturated carbocycles. The average molecular weight is 401 g/mol. The molecule has 2 atom stereocenters. The van der Waals surface area contributed by atoms with Crippen molar-refractivity contribution in [1.29, 1.82) is 0 Å². The van der Waals surface area contributed by atoms with Gasteiger partial charge in [-0.05, 0) is 30.4 Å². The van der Waals surface area contributed by atoms with Crippen LogP contribution in [0.3, 0.4) is 0 Å². The summed E-state index contributed by atoms with van der Waals surface area (Å²) in [6.45, 7) is 6.60. The maximum atomic E-state index is 13.8. The third kappa shape index (κ3) is 3.56. The number of benzene rings is 2. The van der Waals surface area contributed by atoms with E-state index in [9.17, 15) is 4.39 Å². The molecule has 1 saturated heterocycles. The minimum Gasteiger partial charge on any atom is -0.356 e. The zero-order valence-corrected chi connectivity index (χ0v) is 17.3. The summed E-state index contributed by atoms with van der Waals surface area (Å²) in [5.74, 6) is 2.02. The van der Waals surface area contributed by atoms with Crippen LogP contribution in [0.15, 0.2) is 66.7 Å². The van der Waals surface area contributed by atoms with E-state index in [1.54, 1.807) is 6.07 Å². The molecule has 0 aliphatic carbocycles. The zero-order valence-electron chi connectivity index (χ0n) is 17.3. The second-order valence-electron chi connectivity index (χ2n) is 8.53. The average Bonchev–Trinajstić information content (AvgIpc) is 3.17. The number of hydrogen-bond donors (Lipinski definition) is 0. The number of piperidine rings is 1. The molecule has 0 radical (unpaired) electrons. The zero-order chi connectivity index (χ0) is 20.7. The van der Waals surface area contributed by atoms with Crippen LogP contribution in [-0.2, 0) is 0 Å². The molecule has 152 valence electrons. The van der Waals surface area contributed by atoms with Crippen molar-refractivity contribution in [1.82, 2.24) is 14.6 Å². The number of hydrogen-bond acceptors (Lipinski definition) is 3. The molecule has 5 heteroatoms. The van der Waals surface area contributed by atoms with E-state index in [4.69, 9.17) is 10.1 Å². The molecule has 1 fully saturated rings. The van der Waals surface area contributed by atoms with E-state index in [0.29, 0.717) is 11.8 Å². The summed E-state index contributed by atoms with van der Waals surface area (Å²) in [6.07, 6.45) is 1.24. The van der Waals surface area contributed by atoms with Crippen LogP contribution in [0.5, 0.6) is 0 Å². The van der Waals surface area contributed by atoms with Crippen LogP contribution in [0.1, 0.15) is 20.3 Å². The van der Waals surface area contributed by atoms with Gasteiger partial charge in [0.25, 0.3) is 0 Å². The molecule has 30 heavy (non-hydrogen) atoms. The fraction of sp³-hybridized carbons (Fsp3) is 0.280. The van der Waals surface area contributed by atoms with Crippen molar-refractivity contribution in [2.45, 2.75) is 20.3 Å². The molecule has 1 aliphatic heterocycles. The van der Waals surface area contributed by atoms with Crippen LogP contribution in [0.4, 0.5) is 10.2 Å². The first kappa shape index (κ1) is 18.8. The van der Waals surface area contributed by atoms with Crippen molar-refractivity contribution >= 4 is 11.5 Å². The Bertz CT molecular complexity index is 1170. The molecule has 0 spiro atoms. The molecule has 0 bridgehead atoms. The first-order chi connectivity index (χ1) is 14.6. The largest absolute Gasteiger partial charge is 0.356 e. The molecule has 1 aliphatic rings.